The molecule has 1 amide bonds. The van der Waals surface area contributed by atoms with E-state index >= 15 is 0 Å². The fraction of sp³-hybridized carbons (Fsp3) is 0.818. The van der Waals surface area contributed by atoms with Crippen LogP contribution in [0.2, 0.25) is 0 Å². The lowest BCUT2D eigenvalue weighted by molar-refractivity contribution is -0.141. The zero-order valence-corrected chi connectivity index (χ0v) is 9.66. The molecule has 1 heterocycles. The molecule has 0 saturated carbocycles. The van der Waals surface area contributed by atoms with E-state index in [1.807, 2.05) is 0 Å². The zero-order chi connectivity index (χ0) is 12.0. The molecule has 0 aromatic heterocycles. The number of nitrogens with one attached hydrogen (secondary N) is 2. The van der Waals surface area contributed by atoms with Gasteiger partial charge in [-0.05, 0) is 45.2 Å². The number of carboxylic acids is 1. The maximum atomic E-state index is 11.4. The van der Waals surface area contributed by atoms with Gasteiger partial charge in [0.2, 0.25) is 5.91 Å². The fourth-order valence-corrected chi connectivity index (χ4v) is 1.88. The van der Waals surface area contributed by atoms with E-state index in [4.69, 9.17) is 5.11 Å². The van der Waals surface area contributed by atoms with E-state index in [9.17, 15) is 9.59 Å². The first-order valence-electron chi connectivity index (χ1n) is 5.82. The van der Waals surface area contributed by atoms with E-state index in [-0.39, 0.29) is 5.91 Å². The maximum absolute atomic E-state index is 11.4. The van der Waals surface area contributed by atoms with Gasteiger partial charge in [0.25, 0.3) is 0 Å². The summed E-state index contributed by atoms with van der Waals surface area (Å²) >= 11 is 0. The molecule has 92 valence electrons. The monoisotopic (exact) mass is 228 g/mol. The molecule has 1 saturated heterocycles. The Bertz CT molecular complexity index is 250. The lowest BCUT2D eigenvalue weighted by Crippen LogP contribution is -2.38. The molecule has 0 aliphatic carbocycles. The van der Waals surface area contributed by atoms with Crippen LogP contribution in [0.1, 0.15) is 32.6 Å². The quantitative estimate of drug-likeness (QED) is 0.634. The van der Waals surface area contributed by atoms with Gasteiger partial charge < -0.3 is 15.7 Å². The van der Waals surface area contributed by atoms with Crippen LogP contribution >= 0.6 is 0 Å². The third-order valence-corrected chi connectivity index (χ3v) is 2.99. The third-order valence-electron chi connectivity index (χ3n) is 2.99. The average Bonchev–Trinajstić information content (AvgIpc) is 2.27. The molecule has 1 fully saturated rings. The largest absolute Gasteiger partial charge is 0.480 e. The Morgan fingerprint density at radius 2 is 2.06 bits per heavy atom. The zero-order valence-electron chi connectivity index (χ0n) is 9.66. The van der Waals surface area contributed by atoms with E-state index in [1.165, 1.54) is 6.92 Å². The van der Waals surface area contributed by atoms with Crippen molar-refractivity contribution in [1.82, 2.24) is 10.6 Å². The predicted molar refractivity (Wildman–Crippen MR) is 60.1 cm³/mol. The smallest absolute Gasteiger partial charge is 0.325 e. The molecular weight excluding hydrogens is 208 g/mol. The second-order valence-corrected chi connectivity index (χ2v) is 4.36. The number of hydrogen-bond donors (Lipinski definition) is 3. The molecule has 1 atom stereocenters. The average molecular weight is 228 g/mol. The summed E-state index contributed by atoms with van der Waals surface area (Å²) in [5.41, 5.74) is 0. The Morgan fingerprint density at radius 1 is 1.44 bits per heavy atom. The molecule has 0 radical (unpaired) electrons. The Balaban J connectivity index is 2.16. The van der Waals surface area contributed by atoms with Crippen molar-refractivity contribution in [3.8, 4) is 0 Å². The normalized spacial score (nSPS) is 19.1. The summed E-state index contributed by atoms with van der Waals surface area (Å²) in [5, 5.41) is 14.4. The minimum atomic E-state index is -0.991. The Morgan fingerprint density at radius 3 is 2.62 bits per heavy atom. The van der Waals surface area contributed by atoms with Crippen LogP contribution in [0.25, 0.3) is 0 Å². The molecule has 1 aliphatic heterocycles. The SMILES string of the molecule is C[C@@H](NC(=O)CCC1CCNCC1)C(=O)O. The van der Waals surface area contributed by atoms with Gasteiger partial charge in [0.15, 0.2) is 0 Å². The Labute approximate surface area is 95.6 Å². The van der Waals surface area contributed by atoms with Gasteiger partial charge >= 0.3 is 5.97 Å². The van der Waals surface area contributed by atoms with Gasteiger partial charge in [-0.25, -0.2) is 0 Å². The minimum Gasteiger partial charge on any atom is -0.480 e. The topological polar surface area (TPSA) is 78.4 Å². The summed E-state index contributed by atoms with van der Waals surface area (Å²) in [7, 11) is 0. The van der Waals surface area contributed by atoms with Gasteiger partial charge in [0.1, 0.15) is 6.04 Å². The predicted octanol–water partition coefficient (Wildman–Crippen LogP) is 0.356. The van der Waals surface area contributed by atoms with Gasteiger partial charge in [0.05, 0.1) is 0 Å². The molecule has 5 heteroatoms. The van der Waals surface area contributed by atoms with Crippen LogP contribution in [0, 0.1) is 5.92 Å². The number of carbonyl (C=O) groups excluding carboxylic acids is 1. The van der Waals surface area contributed by atoms with Gasteiger partial charge in [0, 0.05) is 6.42 Å². The molecule has 0 aromatic carbocycles. The molecule has 0 spiro atoms. The van der Waals surface area contributed by atoms with Crippen molar-refractivity contribution in [3.05, 3.63) is 0 Å². The van der Waals surface area contributed by atoms with Crippen LogP contribution in [0.15, 0.2) is 0 Å². The van der Waals surface area contributed by atoms with Gasteiger partial charge in [-0.1, -0.05) is 0 Å². The first-order valence-corrected chi connectivity index (χ1v) is 5.82. The molecule has 3 N–H and O–H groups in total. The summed E-state index contributed by atoms with van der Waals surface area (Å²) < 4.78 is 0. The standard InChI is InChI=1S/C11H20N2O3/c1-8(11(15)16)13-10(14)3-2-9-4-6-12-7-5-9/h8-9,12H,2-7H2,1H3,(H,13,14)(H,15,16)/t8-/m1/s1. The van der Waals surface area contributed by atoms with Crippen molar-refractivity contribution in [3.63, 3.8) is 0 Å². The second kappa shape index (κ2) is 6.48. The van der Waals surface area contributed by atoms with E-state index in [1.54, 1.807) is 0 Å². The number of carbonyl (C=O) groups is 2. The van der Waals surface area contributed by atoms with E-state index in [2.05, 4.69) is 10.6 Å². The summed E-state index contributed by atoms with van der Waals surface area (Å²) in [4.78, 5) is 21.9. The highest BCUT2D eigenvalue weighted by atomic mass is 16.4. The van der Waals surface area contributed by atoms with Gasteiger partial charge in [-0.2, -0.15) is 0 Å². The lowest BCUT2D eigenvalue weighted by Gasteiger charge is -2.22. The number of amides is 1. The van der Waals surface area contributed by atoms with Crippen molar-refractivity contribution in [2.24, 2.45) is 5.92 Å². The van der Waals surface area contributed by atoms with Gasteiger partial charge in [-0.15, -0.1) is 0 Å². The first-order chi connectivity index (χ1) is 7.59. The van der Waals surface area contributed by atoms with E-state index < -0.39 is 12.0 Å². The van der Waals surface area contributed by atoms with Crippen LogP contribution in [0.3, 0.4) is 0 Å². The van der Waals surface area contributed by atoms with Crippen molar-refractivity contribution in [1.29, 1.82) is 0 Å². The van der Waals surface area contributed by atoms with Gasteiger partial charge in [-0.3, -0.25) is 9.59 Å². The third kappa shape index (κ3) is 4.61. The van der Waals surface area contributed by atoms with E-state index in [0.717, 1.165) is 32.4 Å². The molecule has 5 nitrogen and oxygen atoms in total. The second-order valence-electron chi connectivity index (χ2n) is 4.36. The Kier molecular flexibility index (Phi) is 5.25. The van der Waals surface area contributed by atoms with Crippen LogP contribution in [0.5, 0.6) is 0 Å². The van der Waals surface area contributed by atoms with Crippen LogP contribution in [0.4, 0.5) is 0 Å². The highest BCUT2D eigenvalue weighted by Crippen LogP contribution is 2.17. The van der Waals surface area contributed by atoms with Crippen LogP contribution in [-0.4, -0.2) is 36.1 Å². The first kappa shape index (κ1) is 13.0. The summed E-state index contributed by atoms with van der Waals surface area (Å²) in [5.74, 6) is -0.546. The van der Waals surface area contributed by atoms with Crippen molar-refractivity contribution < 1.29 is 14.7 Å². The van der Waals surface area contributed by atoms with Crippen molar-refractivity contribution >= 4 is 11.9 Å². The molecular formula is C11H20N2O3. The minimum absolute atomic E-state index is 0.159. The molecule has 16 heavy (non-hydrogen) atoms. The number of carboxylic acid groups (broad SMARTS) is 1. The molecule has 0 bridgehead atoms. The Hall–Kier alpha value is -1.10. The van der Waals surface area contributed by atoms with Crippen molar-refractivity contribution in [2.75, 3.05) is 13.1 Å². The number of piperidine rings is 1. The molecule has 0 aromatic rings. The maximum Gasteiger partial charge on any atom is 0.325 e. The number of hydrogen-bond acceptors (Lipinski definition) is 3. The summed E-state index contributed by atoms with van der Waals surface area (Å²) in [6, 6.07) is -0.791. The lowest BCUT2D eigenvalue weighted by atomic mass is 9.93. The van der Waals surface area contributed by atoms with E-state index in [0.29, 0.717) is 12.3 Å². The molecule has 1 aliphatic rings. The number of aliphatic carboxylic acids is 1. The summed E-state index contributed by atoms with van der Waals surface area (Å²) in [6.45, 7) is 3.53. The molecule has 0 unspecified atom stereocenters. The highest BCUT2D eigenvalue weighted by Gasteiger charge is 2.17. The summed E-state index contributed by atoms with van der Waals surface area (Å²) in [6.07, 6.45) is 3.52. The van der Waals surface area contributed by atoms with Crippen LogP contribution < -0.4 is 10.6 Å². The van der Waals surface area contributed by atoms with Crippen molar-refractivity contribution in [2.45, 2.75) is 38.6 Å². The number of rotatable bonds is 5. The fourth-order valence-electron chi connectivity index (χ4n) is 1.88. The van der Waals surface area contributed by atoms with Crippen LogP contribution in [-0.2, 0) is 9.59 Å². The highest BCUT2D eigenvalue weighted by molar-refractivity contribution is 5.83. The molecule has 1 rings (SSSR count).